The summed E-state index contributed by atoms with van der Waals surface area (Å²) in [5.74, 6) is 0.908. The van der Waals surface area contributed by atoms with Gasteiger partial charge in [0.25, 0.3) is 0 Å². The lowest BCUT2D eigenvalue weighted by Crippen LogP contribution is -2.34. The van der Waals surface area contributed by atoms with Gasteiger partial charge in [-0.15, -0.1) is 0 Å². The Hall–Kier alpha value is -1.79. The van der Waals surface area contributed by atoms with E-state index in [1.807, 2.05) is 12.1 Å². The van der Waals surface area contributed by atoms with Gasteiger partial charge in [-0.1, -0.05) is 6.92 Å². The van der Waals surface area contributed by atoms with E-state index in [1.165, 1.54) is 31.2 Å². The summed E-state index contributed by atoms with van der Waals surface area (Å²) < 4.78 is 2.27. The van der Waals surface area contributed by atoms with Crippen LogP contribution in [0.4, 0.5) is 0 Å². The lowest BCUT2D eigenvalue weighted by Gasteiger charge is -2.27. The summed E-state index contributed by atoms with van der Waals surface area (Å²) in [6.45, 7) is 4.36. The largest absolute Gasteiger partial charge is 0.346 e. The fourth-order valence-corrected chi connectivity index (χ4v) is 3.32. The first-order valence-corrected chi connectivity index (χ1v) is 7.98. The van der Waals surface area contributed by atoms with Gasteiger partial charge >= 0.3 is 0 Å². The van der Waals surface area contributed by atoms with Crippen molar-refractivity contribution in [1.82, 2.24) is 9.88 Å². The molecule has 0 unspecified atom stereocenters. The Morgan fingerprint density at radius 2 is 2.05 bits per heavy atom. The van der Waals surface area contributed by atoms with Gasteiger partial charge in [-0.25, -0.2) is 0 Å². The minimum Gasteiger partial charge on any atom is -0.346 e. The molecule has 0 spiro atoms. The number of benzene rings is 1. The molecular weight excluding hydrogens is 258 g/mol. The van der Waals surface area contributed by atoms with Crippen LogP contribution >= 0.6 is 0 Å². The molecule has 1 aliphatic rings. The van der Waals surface area contributed by atoms with E-state index in [2.05, 4.69) is 41.2 Å². The van der Waals surface area contributed by atoms with Crippen molar-refractivity contribution in [3.8, 4) is 6.07 Å². The monoisotopic (exact) mass is 281 g/mol. The predicted octanol–water partition coefficient (Wildman–Crippen LogP) is 3.68. The number of nitriles is 1. The Balaban J connectivity index is 1.57. The number of rotatable bonds is 4. The molecular formula is C18H23N3. The lowest BCUT2D eigenvalue weighted by atomic mass is 9.87. The normalized spacial score (nSPS) is 22.3. The molecule has 1 heterocycles. The summed E-state index contributed by atoms with van der Waals surface area (Å²) in [7, 11) is 0. The minimum atomic E-state index is 0.702. The Morgan fingerprint density at radius 1 is 1.24 bits per heavy atom. The third-order valence-electron chi connectivity index (χ3n) is 4.70. The first-order valence-electron chi connectivity index (χ1n) is 7.98. The van der Waals surface area contributed by atoms with Crippen molar-refractivity contribution >= 4 is 10.9 Å². The average Bonchev–Trinajstić information content (AvgIpc) is 2.91. The second-order valence-corrected chi connectivity index (χ2v) is 6.31. The highest BCUT2D eigenvalue weighted by atomic mass is 15.0. The van der Waals surface area contributed by atoms with E-state index in [-0.39, 0.29) is 0 Å². The van der Waals surface area contributed by atoms with Gasteiger partial charge in [0, 0.05) is 36.2 Å². The maximum absolute atomic E-state index is 8.94. The van der Waals surface area contributed by atoms with Crippen molar-refractivity contribution in [1.29, 1.82) is 5.26 Å². The highest BCUT2D eigenvalue weighted by Crippen LogP contribution is 2.23. The van der Waals surface area contributed by atoms with Crippen molar-refractivity contribution in [2.24, 2.45) is 5.92 Å². The van der Waals surface area contributed by atoms with Crippen LogP contribution < -0.4 is 5.32 Å². The van der Waals surface area contributed by atoms with Crippen LogP contribution in [0.2, 0.25) is 0 Å². The third-order valence-corrected chi connectivity index (χ3v) is 4.70. The molecule has 0 aliphatic heterocycles. The zero-order valence-corrected chi connectivity index (χ0v) is 12.7. The summed E-state index contributed by atoms with van der Waals surface area (Å²) >= 11 is 0. The fraction of sp³-hybridized carbons (Fsp3) is 0.500. The van der Waals surface area contributed by atoms with Gasteiger partial charge in [-0.3, -0.25) is 0 Å². The maximum Gasteiger partial charge on any atom is 0.0991 e. The second-order valence-electron chi connectivity index (χ2n) is 6.31. The van der Waals surface area contributed by atoms with E-state index in [0.29, 0.717) is 6.04 Å². The van der Waals surface area contributed by atoms with Crippen LogP contribution in [0, 0.1) is 17.2 Å². The molecule has 3 heteroatoms. The molecule has 0 atom stereocenters. The van der Waals surface area contributed by atoms with E-state index < -0.39 is 0 Å². The van der Waals surface area contributed by atoms with Crippen molar-refractivity contribution in [3.63, 3.8) is 0 Å². The van der Waals surface area contributed by atoms with E-state index >= 15 is 0 Å². The van der Waals surface area contributed by atoms with Crippen molar-refractivity contribution in [3.05, 3.63) is 36.0 Å². The quantitative estimate of drug-likeness (QED) is 0.928. The Morgan fingerprint density at radius 3 is 2.81 bits per heavy atom. The number of nitrogens with one attached hydrogen (secondary N) is 1. The van der Waals surface area contributed by atoms with Crippen LogP contribution in [0.15, 0.2) is 30.5 Å². The van der Waals surface area contributed by atoms with Crippen LogP contribution in [-0.2, 0) is 6.54 Å². The molecule has 0 bridgehead atoms. The standard InChI is InChI=1S/C18H23N3/c1-14-2-5-17(6-3-14)20-9-11-21-10-8-16-12-15(13-19)4-7-18(16)21/h4,7-8,10,12,14,17,20H,2-3,5-6,9,11H2,1H3. The number of fused-ring (bicyclic) bond motifs is 1. The van der Waals surface area contributed by atoms with Crippen molar-refractivity contribution in [2.75, 3.05) is 6.54 Å². The fourth-order valence-electron chi connectivity index (χ4n) is 3.32. The Bertz CT molecular complexity index is 642. The minimum absolute atomic E-state index is 0.702. The number of hydrogen-bond acceptors (Lipinski definition) is 2. The lowest BCUT2D eigenvalue weighted by molar-refractivity contribution is 0.305. The molecule has 0 radical (unpaired) electrons. The third kappa shape index (κ3) is 3.28. The zero-order valence-electron chi connectivity index (χ0n) is 12.7. The van der Waals surface area contributed by atoms with Crippen LogP contribution in [0.1, 0.15) is 38.2 Å². The van der Waals surface area contributed by atoms with Crippen LogP contribution in [0.3, 0.4) is 0 Å². The molecule has 1 saturated carbocycles. The first-order chi connectivity index (χ1) is 10.3. The van der Waals surface area contributed by atoms with Crippen molar-refractivity contribution in [2.45, 2.75) is 45.2 Å². The summed E-state index contributed by atoms with van der Waals surface area (Å²) in [6.07, 6.45) is 7.48. The Labute approximate surface area is 126 Å². The van der Waals surface area contributed by atoms with Gasteiger partial charge < -0.3 is 9.88 Å². The molecule has 3 rings (SSSR count). The second kappa shape index (κ2) is 6.32. The van der Waals surface area contributed by atoms with Gasteiger partial charge in [-0.05, 0) is 55.9 Å². The van der Waals surface area contributed by atoms with Gasteiger partial charge in [0.15, 0.2) is 0 Å². The summed E-state index contributed by atoms with van der Waals surface area (Å²) in [5.41, 5.74) is 1.95. The SMILES string of the molecule is CC1CCC(NCCn2ccc3cc(C#N)ccc32)CC1. The maximum atomic E-state index is 8.94. The predicted molar refractivity (Wildman–Crippen MR) is 86.1 cm³/mol. The molecule has 0 amide bonds. The molecule has 1 aromatic carbocycles. The molecule has 1 aromatic heterocycles. The number of hydrogen-bond donors (Lipinski definition) is 1. The van der Waals surface area contributed by atoms with E-state index in [0.717, 1.165) is 30.0 Å². The molecule has 1 aliphatic carbocycles. The molecule has 1 N–H and O–H groups in total. The summed E-state index contributed by atoms with van der Waals surface area (Å²) in [4.78, 5) is 0. The summed E-state index contributed by atoms with van der Waals surface area (Å²) in [6, 6.07) is 10.9. The topological polar surface area (TPSA) is 40.8 Å². The van der Waals surface area contributed by atoms with Gasteiger partial charge in [-0.2, -0.15) is 5.26 Å². The molecule has 2 aromatic rings. The zero-order chi connectivity index (χ0) is 14.7. The average molecular weight is 281 g/mol. The molecule has 110 valence electrons. The Kier molecular flexibility index (Phi) is 4.26. The van der Waals surface area contributed by atoms with Gasteiger partial charge in [0.2, 0.25) is 0 Å². The van der Waals surface area contributed by atoms with Crippen LogP contribution in [0.25, 0.3) is 10.9 Å². The van der Waals surface area contributed by atoms with Gasteiger partial charge in [0.1, 0.15) is 0 Å². The van der Waals surface area contributed by atoms with Crippen molar-refractivity contribution < 1.29 is 0 Å². The van der Waals surface area contributed by atoms with E-state index in [9.17, 15) is 0 Å². The molecule has 21 heavy (non-hydrogen) atoms. The highest BCUT2D eigenvalue weighted by molar-refractivity contribution is 5.81. The molecule has 0 saturated heterocycles. The van der Waals surface area contributed by atoms with Gasteiger partial charge in [0.05, 0.1) is 11.6 Å². The van der Waals surface area contributed by atoms with E-state index in [1.54, 1.807) is 0 Å². The molecule has 3 nitrogen and oxygen atoms in total. The summed E-state index contributed by atoms with van der Waals surface area (Å²) in [5, 5.41) is 13.8. The smallest absolute Gasteiger partial charge is 0.0991 e. The van der Waals surface area contributed by atoms with Crippen LogP contribution in [-0.4, -0.2) is 17.2 Å². The first kappa shape index (κ1) is 14.2. The number of nitrogens with zero attached hydrogens (tertiary/aromatic N) is 2. The molecule has 1 fully saturated rings. The van der Waals surface area contributed by atoms with Crippen LogP contribution in [0.5, 0.6) is 0 Å². The highest BCUT2D eigenvalue weighted by Gasteiger charge is 2.17. The number of aromatic nitrogens is 1. The van der Waals surface area contributed by atoms with E-state index in [4.69, 9.17) is 5.26 Å².